The maximum Gasteiger partial charge on any atom is 0.144 e. The third-order valence-corrected chi connectivity index (χ3v) is 5.94. The number of aromatic nitrogens is 2. The quantitative estimate of drug-likeness (QED) is 0.689. The SMILES string of the molecule is CCCNc1nc(C2CCCCS2)nc(CCC)c1I. The number of anilines is 1. The molecule has 0 amide bonds. The van der Waals surface area contributed by atoms with Crippen molar-refractivity contribution in [2.24, 2.45) is 0 Å². The van der Waals surface area contributed by atoms with Crippen LogP contribution < -0.4 is 5.32 Å². The molecular formula is C15H24IN3S. The molecule has 1 aliphatic heterocycles. The molecule has 1 aliphatic rings. The van der Waals surface area contributed by atoms with Crippen LogP contribution in [0.4, 0.5) is 5.82 Å². The minimum atomic E-state index is 0.499. The van der Waals surface area contributed by atoms with Crippen LogP contribution in [-0.4, -0.2) is 22.3 Å². The molecule has 2 heterocycles. The van der Waals surface area contributed by atoms with Gasteiger partial charge in [0.25, 0.3) is 0 Å². The smallest absolute Gasteiger partial charge is 0.144 e. The molecule has 0 bridgehead atoms. The van der Waals surface area contributed by atoms with Crippen LogP contribution in [0.5, 0.6) is 0 Å². The molecule has 1 fully saturated rings. The molecule has 0 aliphatic carbocycles. The van der Waals surface area contributed by atoms with E-state index < -0.39 is 0 Å². The number of hydrogen-bond donors (Lipinski definition) is 1. The summed E-state index contributed by atoms with van der Waals surface area (Å²) in [7, 11) is 0. The molecule has 1 aromatic heterocycles. The van der Waals surface area contributed by atoms with Gasteiger partial charge in [0.15, 0.2) is 0 Å². The molecule has 3 nitrogen and oxygen atoms in total. The largest absolute Gasteiger partial charge is 0.369 e. The summed E-state index contributed by atoms with van der Waals surface area (Å²) in [6.07, 6.45) is 7.19. The van der Waals surface area contributed by atoms with Crippen molar-refractivity contribution in [2.45, 2.75) is 57.6 Å². The predicted molar refractivity (Wildman–Crippen MR) is 96.6 cm³/mol. The van der Waals surface area contributed by atoms with Gasteiger partial charge in [0, 0.05) is 6.54 Å². The average Bonchev–Trinajstić information content (AvgIpc) is 2.49. The van der Waals surface area contributed by atoms with Gasteiger partial charge in [0.2, 0.25) is 0 Å². The van der Waals surface area contributed by atoms with Crippen molar-refractivity contribution < 1.29 is 0 Å². The first-order valence-corrected chi connectivity index (χ1v) is 9.80. The Morgan fingerprint density at radius 2 is 2.10 bits per heavy atom. The summed E-state index contributed by atoms with van der Waals surface area (Å²) in [4.78, 5) is 9.70. The maximum atomic E-state index is 4.87. The van der Waals surface area contributed by atoms with Gasteiger partial charge in [-0.25, -0.2) is 9.97 Å². The Balaban J connectivity index is 2.27. The van der Waals surface area contributed by atoms with Gasteiger partial charge in [-0.05, 0) is 54.0 Å². The Bertz CT molecular complexity index is 433. The standard InChI is InChI=1S/C15H24IN3S/c1-3-7-11-13(16)15(17-9-4-2)19-14(18-11)12-8-5-6-10-20-12/h12H,3-10H2,1-2H3,(H,17,18,19). The molecule has 1 atom stereocenters. The van der Waals surface area contributed by atoms with Gasteiger partial charge in [-0.15, -0.1) is 0 Å². The Morgan fingerprint density at radius 3 is 2.75 bits per heavy atom. The van der Waals surface area contributed by atoms with Crippen LogP contribution in [0.2, 0.25) is 0 Å². The first-order valence-electron chi connectivity index (χ1n) is 7.68. The minimum Gasteiger partial charge on any atom is -0.369 e. The lowest BCUT2D eigenvalue weighted by Gasteiger charge is -2.22. The molecule has 112 valence electrons. The van der Waals surface area contributed by atoms with Crippen molar-refractivity contribution in [1.82, 2.24) is 9.97 Å². The first kappa shape index (κ1) is 16.3. The fraction of sp³-hybridized carbons (Fsp3) is 0.733. The highest BCUT2D eigenvalue weighted by Crippen LogP contribution is 2.37. The number of aryl methyl sites for hydroxylation is 1. The highest BCUT2D eigenvalue weighted by molar-refractivity contribution is 14.1. The number of nitrogens with zero attached hydrogens (tertiary/aromatic N) is 2. The monoisotopic (exact) mass is 405 g/mol. The third kappa shape index (κ3) is 4.23. The number of nitrogens with one attached hydrogen (secondary N) is 1. The fourth-order valence-corrected chi connectivity index (χ4v) is 4.31. The molecule has 1 aromatic rings. The van der Waals surface area contributed by atoms with Gasteiger partial charge in [-0.1, -0.05) is 26.7 Å². The van der Waals surface area contributed by atoms with Crippen molar-refractivity contribution in [3.63, 3.8) is 0 Å². The lowest BCUT2D eigenvalue weighted by molar-refractivity contribution is 0.656. The van der Waals surface area contributed by atoms with E-state index >= 15 is 0 Å². The van der Waals surface area contributed by atoms with Crippen LogP contribution >= 0.6 is 34.4 Å². The van der Waals surface area contributed by atoms with Crippen molar-refractivity contribution >= 4 is 40.2 Å². The minimum absolute atomic E-state index is 0.499. The van der Waals surface area contributed by atoms with Crippen LogP contribution in [0.25, 0.3) is 0 Å². The first-order chi connectivity index (χ1) is 9.76. The maximum absolute atomic E-state index is 4.87. The van der Waals surface area contributed by atoms with Crippen LogP contribution in [0.3, 0.4) is 0 Å². The Hall–Kier alpha value is -0.0400. The van der Waals surface area contributed by atoms with E-state index in [1.54, 1.807) is 0 Å². The molecule has 0 aromatic carbocycles. The summed E-state index contributed by atoms with van der Waals surface area (Å²) >= 11 is 4.42. The van der Waals surface area contributed by atoms with Gasteiger partial charge in [-0.3, -0.25) is 0 Å². The summed E-state index contributed by atoms with van der Waals surface area (Å²) in [6.45, 7) is 5.38. The third-order valence-electron chi connectivity index (χ3n) is 3.43. The van der Waals surface area contributed by atoms with E-state index in [1.165, 1.54) is 34.3 Å². The highest BCUT2D eigenvalue weighted by Gasteiger charge is 2.21. The van der Waals surface area contributed by atoms with E-state index in [4.69, 9.17) is 9.97 Å². The number of halogens is 1. The zero-order chi connectivity index (χ0) is 14.4. The van der Waals surface area contributed by atoms with E-state index in [0.717, 1.165) is 37.4 Å². The van der Waals surface area contributed by atoms with Crippen LogP contribution in [-0.2, 0) is 6.42 Å². The van der Waals surface area contributed by atoms with Crippen LogP contribution in [0, 0.1) is 3.57 Å². The van der Waals surface area contributed by atoms with Gasteiger partial charge in [-0.2, -0.15) is 11.8 Å². The summed E-state index contributed by atoms with van der Waals surface area (Å²) < 4.78 is 1.21. The second-order valence-electron chi connectivity index (χ2n) is 5.22. The number of hydrogen-bond acceptors (Lipinski definition) is 4. The Labute approximate surface area is 140 Å². The van der Waals surface area contributed by atoms with Crippen molar-refractivity contribution in [3.8, 4) is 0 Å². The molecule has 1 unspecified atom stereocenters. The molecule has 1 saturated heterocycles. The van der Waals surface area contributed by atoms with E-state index in [2.05, 4.69) is 41.8 Å². The normalized spacial score (nSPS) is 19.1. The zero-order valence-corrected chi connectivity index (χ0v) is 15.4. The number of rotatable bonds is 6. The van der Waals surface area contributed by atoms with Gasteiger partial charge < -0.3 is 5.32 Å². The molecule has 1 N–H and O–H groups in total. The second-order valence-corrected chi connectivity index (χ2v) is 7.61. The van der Waals surface area contributed by atoms with Gasteiger partial charge >= 0.3 is 0 Å². The summed E-state index contributed by atoms with van der Waals surface area (Å²) in [5.41, 5.74) is 1.22. The van der Waals surface area contributed by atoms with Gasteiger partial charge in [0.05, 0.1) is 14.5 Å². The lowest BCUT2D eigenvalue weighted by Crippen LogP contribution is -2.14. The molecule has 0 saturated carbocycles. The van der Waals surface area contributed by atoms with E-state index in [-0.39, 0.29) is 0 Å². The fourth-order valence-electron chi connectivity index (χ4n) is 2.36. The molecule has 2 rings (SSSR count). The van der Waals surface area contributed by atoms with Crippen molar-refractivity contribution in [1.29, 1.82) is 0 Å². The predicted octanol–water partition coefficient (Wildman–Crippen LogP) is 4.81. The summed E-state index contributed by atoms with van der Waals surface area (Å²) in [6, 6.07) is 0. The van der Waals surface area contributed by atoms with Crippen molar-refractivity contribution in [2.75, 3.05) is 17.6 Å². The molecule has 0 spiro atoms. The van der Waals surface area contributed by atoms with E-state index in [9.17, 15) is 0 Å². The molecular weight excluding hydrogens is 381 g/mol. The van der Waals surface area contributed by atoms with E-state index in [0.29, 0.717) is 5.25 Å². The number of thioether (sulfide) groups is 1. The van der Waals surface area contributed by atoms with Crippen LogP contribution in [0.15, 0.2) is 0 Å². The zero-order valence-electron chi connectivity index (χ0n) is 12.4. The lowest BCUT2D eigenvalue weighted by atomic mass is 10.1. The highest BCUT2D eigenvalue weighted by atomic mass is 127. The topological polar surface area (TPSA) is 37.8 Å². The molecule has 0 radical (unpaired) electrons. The van der Waals surface area contributed by atoms with Crippen molar-refractivity contribution in [3.05, 3.63) is 15.1 Å². The van der Waals surface area contributed by atoms with Gasteiger partial charge in [0.1, 0.15) is 11.6 Å². The molecule has 20 heavy (non-hydrogen) atoms. The average molecular weight is 405 g/mol. The summed E-state index contributed by atoms with van der Waals surface area (Å²) in [5, 5.41) is 3.97. The van der Waals surface area contributed by atoms with Crippen LogP contribution in [0.1, 0.15) is 62.7 Å². The Morgan fingerprint density at radius 1 is 1.25 bits per heavy atom. The Kier molecular flexibility index (Phi) is 6.87. The van der Waals surface area contributed by atoms with E-state index in [1.807, 2.05) is 11.8 Å². The summed E-state index contributed by atoms with van der Waals surface area (Å²) in [5.74, 6) is 3.35. The second kappa shape index (κ2) is 8.41. The molecule has 5 heteroatoms.